The third kappa shape index (κ3) is 16.5. The highest BCUT2D eigenvalue weighted by molar-refractivity contribution is 7.93. The molecule has 6 heterocycles. The van der Waals surface area contributed by atoms with E-state index in [1.807, 2.05) is 30.3 Å². The molecule has 33 nitrogen and oxygen atoms in total. The molecule has 4 aromatic heterocycles. The molecule has 538 valence electrons. The topological polar surface area (TPSA) is 509 Å². The Bertz CT molecular complexity index is 5820. The Hall–Kier alpha value is -9.86. The maximum Gasteiger partial charge on any atom is 0.307 e. The highest BCUT2D eigenvalue weighted by Crippen LogP contribution is 2.43. The molecule has 0 unspecified atom stereocenters. The number of sulfonamides is 1. The fourth-order valence-electron chi connectivity index (χ4n) is 12.7. The number of hydrogen-bond acceptors (Lipinski definition) is 26. The standard InChI is InChI=1S/C63H66N16O17S5Si2/c1-102(2,32-12-27-65-29-26-48(80)96-31-30-95-37-14-6-5-7-15-37)35-103(3,4)33-13-28-66-62-76-61(64)77-63(78-62)67-42-34-36(24-25-43(42)98(83,84)85)79-97(81,82)44-20-8-16-38-49(44)57-68-53(38)70-58-51-40(18-10-22-46(51)100(89,90)91)55(72-58)74-60-52-41(19-11-23-47(52)101(92,93)94)56(75-60)73-59-50-39(54(69-57)71-59)17-9-21-45(50)99(86,87)88/h5-11,14-25,34,65,79H,12-13,26-33,35H2,1-4H3,(H,83,84,85)(H,86,87,88)(H,89,90,91)(H,92,93,94)(H4,64,66,67,76,77,78)(H2,68,69,70,71,72,73,74,75). The van der Waals surface area contributed by atoms with Crippen molar-refractivity contribution >= 4 is 146 Å². The third-order valence-electron chi connectivity index (χ3n) is 16.7. The Morgan fingerprint density at radius 2 is 1.01 bits per heavy atom. The molecule has 8 bridgehead atoms. The van der Waals surface area contributed by atoms with Crippen LogP contribution >= 0.6 is 0 Å². The summed E-state index contributed by atoms with van der Waals surface area (Å²) in [5.74, 6) is -1.77. The number of nitrogens with two attached hydrogens (primary N) is 1. The van der Waals surface area contributed by atoms with Gasteiger partial charge in [-0.05, 0) is 74.0 Å². The van der Waals surface area contributed by atoms with E-state index in [0.29, 0.717) is 18.8 Å². The molecule has 0 spiro atoms. The Morgan fingerprint density at radius 1 is 0.505 bits per heavy atom. The second-order valence-electron chi connectivity index (χ2n) is 25.5. The summed E-state index contributed by atoms with van der Waals surface area (Å²) in [7, 11) is -28.7. The van der Waals surface area contributed by atoms with E-state index in [9.17, 15) is 56.7 Å². The van der Waals surface area contributed by atoms with E-state index in [2.05, 4.69) is 91.7 Å². The predicted octanol–water partition coefficient (Wildman–Crippen LogP) is 8.92. The molecule has 6 aromatic carbocycles. The van der Waals surface area contributed by atoms with Crippen LogP contribution in [-0.4, -0.2) is 170 Å². The van der Waals surface area contributed by atoms with Crippen molar-refractivity contribution in [3.8, 4) is 51.3 Å². The maximum absolute atomic E-state index is 15.2. The number of carbonyl (C=O) groups excluding carboxylic acids is 1. The number of esters is 1. The van der Waals surface area contributed by atoms with Crippen LogP contribution in [0.25, 0.3) is 89.7 Å². The minimum Gasteiger partial charge on any atom is -0.490 e. The highest BCUT2D eigenvalue weighted by Gasteiger charge is 2.34. The van der Waals surface area contributed by atoms with Gasteiger partial charge in [-0.1, -0.05) is 111 Å². The lowest BCUT2D eigenvalue weighted by Crippen LogP contribution is -2.40. The first-order chi connectivity index (χ1) is 48.6. The molecule has 0 aliphatic carbocycles. The van der Waals surface area contributed by atoms with Crippen LogP contribution in [0.2, 0.25) is 43.9 Å². The zero-order valence-electron chi connectivity index (χ0n) is 55.1. The van der Waals surface area contributed by atoms with E-state index >= 15 is 8.42 Å². The fourth-order valence-corrected chi connectivity index (χ4v) is 30.7. The van der Waals surface area contributed by atoms with Crippen LogP contribution in [0.15, 0.2) is 146 Å². The summed E-state index contributed by atoms with van der Waals surface area (Å²) < 4.78 is 190. The van der Waals surface area contributed by atoms with Gasteiger partial charge in [0.05, 0.1) is 33.8 Å². The number of aromatic amines is 2. The molecular formula is C63H66N16O17S5Si2. The summed E-state index contributed by atoms with van der Waals surface area (Å²) in [5.41, 5.74) is 4.50. The Labute approximate surface area is 591 Å². The van der Waals surface area contributed by atoms with Gasteiger partial charge in [-0.25, -0.2) is 38.3 Å². The van der Waals surface area contributed by atoms with Crippen molar-refractivity contribution in [3.05, 3.63) is 121 Å². The first-order valence-corrected chi connectivity index (χ1v) is 45.7. The van der Waals surface area contributed by atoms with Gasteiger partial charge in [-0.3, -0.25) is 27.7 Å². The van der Waals surface area contributed by atoms with Crippen LogP contribution in [0, 0.1) is 0 Å². The number of fused-ring (bicyclic) bond motifs is 20. The lowest BCUT2D eigenvalue weighted by molar-refractivity contribution is -0.144. The van der Waals surface area contributed by atoms with Gasteiger partial charge >= 0.3 is 5.97 Å². The molecule has 2 aliphatic rings. The van der Waals surface area contributed by atoms with E-state index in [4.69, 9.17) is 25.2 Å². The molecule has 10 aromatic rings. The van der Waals surface area contributed by atoms with Crippen LogP contribution < -0.4 is 31.1 Å². The zero-order valence-corrected chi connectivity index (χ0v) is 61.1. The second kappa shape index (κ2) is 28.4. The van der Waals surface area contributed by atoms with E-state index < -0.39 is 108 Å². The van der Waals surface area contributed by atoms with Crippen molar-refractivity contribution in [2.45, 2.75) is 87.7 Å². The third-order valence-corrected chi connectivity index (χ3v) is 32.8. The Balaban J connectivity index is 0.828. The summed E-state index contributed by atoms with van der Waals surface area (Å²) in [5, 5.41) is 8.59. The van der Waals surface area contributed by atoms with E-state index in [1.54, 1.807) is 0 Å². The molecule has 0 atom stereocenters. The van der Waals surface area contributed by atoms with Crippen molar-refractivity contribution in [2.24, 2.45) is 0 Å². The number of nitrogens with zero attached hydrogens (tertiary/aromatic N) is 9. The number of ether oxygens (including phenoxy) is 2. The van der Waals surface area contributed by atoms with Crippen LogP contribution in [0.5, 0.6) is 5.75 Å². The maximum atomic E-state index is 15.2. The minimum absolute atomic E-state index is 0.0218. The zero-order chi connectivity index (χ0) is 73.6. The van der Waals surface area contributed by atoms with Crippen LogP contribution in [0.1, 0.15) is 19.3 Å². The van der Waals surface area contributed by atoms with Gasteiger partial charge in [-0.2, -0.15) is 48.6 Å². The number of aromatic nitrogens is 11. The lowest BCUT2D eigenvalue weighted by Gasteiger charge is -2.32. The van der Waals surface area contributed by atoms with Gasteiger partial charge in [0.2, 0.25) is 17.8 Å². The van der Waals surface area contributed by atoms with Gasteiger partial charge < -0.3 is 41.1 Å². The van der Waals surface area contributed by atoms with Gasteiger partial charge in [0.1, 0.15) is 61.1 Å². The second-order valence-corrected chi connectivity index (χ2v) is 43.8. The lowest BCUT2D eigenvalue weighted by atomic mass is 10.1. The summed E-state index contributed by atoms with van der Waals surface area (Å²) >= 11 is 0. The van der Waals surface area contributed by atoms with Crippen LogP contribution in [0.4, 0.5) is 29.2 Å². The molecule has 0 radical (unpaired) electrons. The van der Waals surface area contributed by atoms with Crippen molar-refractivity contribution in [3.63, 3.8) is 0 Å². The fraction of sp³-hybridized carbons (Fsp3) is 0.238. The quantitative estimate of drug-likeness (QED) is 0.00990. The average molecular weight is 1540 g/mol. The molecule has 0 amide bonds. The first kappa shape index (κ1) is 72.9. The number of benzene rings is 6. The predicted molar refractivity (Wildman–Crippen MR) is 388 cm³/mol. The van der Waals surface area contributed by atoms with E-state index in [-0.39, 0.29) is 127 Å². The van der Waals surface area contributed by atoms with Crippen LogP contribution in [0.3, 0.4) is 0 Å². The Morgan fingerprint density at radius 3 is 1.57 bits per heavy atom. The van der Waals surface area contributed by atoms with Crippen molar-refractivity contribution < 1.29 is 74.6 Å². The average Bonchev–Trinajstić information content (AvgIpc) is 1.59. The summed E-state index contributed by atoms with van der Waals surface area (Å²) in [6.07, 6.45) is 1.98. The largest absolute Gasteiger partial charge is 0.490 e. The normalized spacial score (nSPS) is 12.8. The molecule has 0 saturated heterocycles. The number of rotatable bonds is 27. The van der Waals surface area contributed by atoms with E-state index in [0.717, 1.165) is 73.9 Å². The van der Waals surface area contributed by atoms with Crippen LogP contribution in [-0.2, 0) is 60.0 Å². The SMILES string of the molecule is C[Si](C)(CCCNCCC(=O)OCCOc1ccccc1)C[Si](C)(C)CCCNc1nc(N)nc(Nc2cc(NS(=O)(=O)c3cccc4c5nc6nc(nc7[nH]c(nc8nc(nc([nH]5)c34)-c3cccc(S(=O)(=O)O)c3-8)c3cccc(S(=O)(=O)O)c73)-c3cccc(S(=O)(=O)O)c3-6)ccc2S(=O)(=O)O)n1. The molecule has 12 N–H and O–H groups in total. The van der Waals surface area contributed by atoms with Gasteiger partial charge in [0.15, 0.2) is 23.3 Å². The highest BCUT2D eigenvalue weighted by atomic mass is 32.2. The van der Waals surface area contributed by atoms with Gasteiger partial charge in [-0.15, -0.1) is 0 Å². The number of hydrogen-bond donors (Lipinski definition) is 11. The summed E-state index contributed by atoms with van der Waals surface area (Å²) in [6, 6.07) is 29.2. The molecular weight excluding hydrogens is 1470 g/mol. The summed E-state index contributed by atoms with van der Waals surface area (Å²) in [4.78, 5) is 55.2. The number of nitrogens with one attached hydrogen (secondary N) is 6. The molecule has 0 fully saturated rings. The first-order valence-electron chi connectivity index (χ1n) is 31.6. The summed E-state index contributed by atoms with van der Waals surface area (Å²) in [6.45, 7) is 11.7. The van der Waals surface area contributed by atoms with Crippen molar-refractivity contribution in [1.82, 2.24) is 60.1 Å². The molecule has 0 saturated carbocycles. The minimum atomic E-state index is -5.12. The van der Waals surface area contributed by atoms with Crippen molar-refractivity contribution in [2.75, 3.05) is 53.9 Å². The number of para-hydroxylation sites is 1. The van der Waals surface area contributed by atoms with Crippen molar-refractivity contribution in [1.29, 1.82) is 0 Å². The van der Waals surface area contributed by atoms with E-state index in [1.165, 1.54) is 54.2 Å². The van der Waals surface area contributed by atoms with Gasteiger partial charge in [0, 0.05) is 61.9 Å². The molecule has 40 heteroatoms. The molecule has 2 aliphatic heterocycles. The van der Waals surface area contributed by atoms with Gasteiger partial charge in [0.25, 0.3) is 50.5 Å². The Kier molecular flexibility index (Phi) is 20.1. The number of H-pyrrole nitrogens is 2. The molecule has 12 rings (SSSR count). The monoisotopic (exact) mass is 1530 g/mol. The number of carbonyl (C=O) groups is 1. The molecule has 103 heavy (non-hydrogen) atoms. The number of anilines is 5. The number of nitrogen functional groups attached to an aromatic ring is 1. The smallest absolute Gasteiger partial charge is 0.307 e.